The summed E-state index contributed by atoms with van der Waals surface area (Å²) in [6, 6.07) is 26.0. The van der Waals surface area contributed by atoms with Crippen LogP contribution in [0.3, 0.4) is 0 Å². The molecule has 0 aliphatic heterocycles. The molecule has 0 bridgehead atoms. The standard InChI is InChI=1S/C24H19N3O.ClH/c1-17-4-2-3-5-22(17)19-8-10-20(11-9-19)24(23-15-26-16-27-23)28-21-12-6-18(14-25)7-13-21;/h2-13,15-16,24H,1H3,(H,26,27);1H. The van der Waals surface area contributed by atoms with Gasteiger partial charge >= 0.3 is 0 Å². The van der Waals surface area contributed by atoms with Crippen LogP contribution >= 0.6 is 12.4 Å². The van der Waals surface area contributed by atoms with Crippen molar-refractivity contribution >= 4 is 12.4 Å². The Morgan fingerprint density at radius 3 is 2.31 bits per heavy atom. The van der Waals surface area contributed by atoms with Gasteiger partial charge in [0.25, 0.3) is 0 Å². The second kappa shape index (κ2) is 9.09. The lowest BCUT2D eigenvalue weighted by molar-refractivity contribution is 0.243. The quantitative estimate of drug-likeness (QED) is 0.456. The Kier molecular flexibility index (Phi) is 6.33. The Morgan fingerprint density at radius 1 is 0.966 bits per heavy atom. The third-order valence-corrected chi connectivity index (χ3v) is 4.71. The van der Waals surface area contributed by atoms with E-state index in [-0.39, 0.29) is 18.5 Å². The Balaban J connectivity index is 0.00000240. The van der Waals surface area contributed by atoms with Crippen LogP contribution in [-0.2, 0) is 0 Å². The normalized spacial score (nSPS) is 11.2. The molecule has 4 rings (SSSR count). The fraction of sp³-hybridized carbons (Fsp3) is 0.0833. The van der Waals surface area contributed by atoms with Crippen LogP contribution in [0.15, 0.2) is 85.3 Å². The monoisotopic (exact) mass is 401 g/mol. The molecule has 0 saturated heterocycles. The van der Waals surface area contributed by atoms with Crippen molar-refractivity contribution in [1.29, 1.82) is 5.26 Å². The molecular formula is C24H20ClN3O. The maximum absolute atomic E-state index is 8.97. The van der Waals surface area contributed by atoms with Gasteiger partial charge in [-0.1, -0.05) is 48.5 Å². The number of nitrogens with one attached hydrogen (secondary N) is 1. The van der Waals surface area contributed by atoms with E-state index in [0.29, 0.717) is 11.3 Å². The molecule has 1 heterocycles. The van der Waals surface area contributed by atoms with Crippen molar-refractivity contribution in [2.45, 2.75) is 13.0 Å². The molecule has 4 nitrogen and oxygen atoms in total. The van der Waals surface area contributed by atoms with Gasteiger partial charge in [0, 0.05) is 0 Å². The lowest BCUT2D eigenvalue weighted by atomic mass is 9.98. The van der Waals surface area contributed by atoms with Gasteiger partial charge < -0.3 is 9.72 Å². The van der Waals surface area contributed by atoms with E-state index >= 15 is 0 Å². The smallest absolute Gasteiger partial charge is 0.165 e. The Bertz CT molecular complexity index is 1100. The number of H-pyrrole nitrogens is 1. The van der Waals surface area contributed by atoms with Crippen molar-refractivity contribution in [2.24, 2.45) is 0 Å². The van der Waals surface area contributed by atoms with Crippen LogP contribution in [0.2, 0.25) is 0 Å². The van der Waals surface area contributed by atoms with Crippen LogP contribution in [-0.4, -0.2) is 9.97 Å². The number of rotatable bonds is 5. The summed E-state index contributed by atoms with van der Waals surface area (Å²) in [5.41, 5.74) is 6.13. The van der Waals surface area contributed by atoms with Crippen LogP contribution < -0.4 is 4.74 Å². The van der Waals surface area contributed by atoms with Gasteiger partial charge in [0.15, 0.2) is 6.10 Å². The van der Waals surface area contributed by atoms with Crippen LogP contribution in [0.5, 0.6) is 5.75 Å². The predicted molar refractivity (Wildman–Crippen MR) is 116 cm³/mol. The lowest BCUT2D eigenvalue weighted by Crippen LogP contribution is -2.10. The summed E-state index contributed by atoms with van der Waals surface area (Å²) in [4.78, 5) is 7.28. The van der Waals surface area contributed by atoms with E-state index < -0.39 is 0 Å². The minimum absolute atomic E-state index is 0. The largest absolute Gasteiger partial charge is 0.479 e. The Labute approximate surface area is 176 Å². The van der Waals surface area contributed by atoms with E-state index in [9.17, 15) is 0 Å². The summed E-state index contributed by atoms with van der Waals surface area (Å²) in [5.74, 6) is 0.696. The van der Waals surface area contributed by atoms with Gasteiger partial charge in [-0.3, -0.25) is 0 Å². The fourth-order valence-corrected chi connectivity index (χ4v) is 3.20. The summed E-state index contributed by atoms with van der Waals surface area (Å²) >= 11 is 0. The van der Waals surface area contributed by atoms with Gasteiger partial charge in [-0.15, -0.1) is 12.4 Å². The zero-order valence-corrected chi connectivity index (χ0v) is 16.7. The van der Waals surface area contributed by atoms with Crippen molar-refractivity contribution in [1.82, 2.24) is 9.97 Å². The molecule has 0 aliphatic rings. The van der Waals surface area contributed by atoms with Crippen LogP contribution in [0.1, 0.15) is 28.5 Å². The summed E-state index contributed by atoms with van der Waals surface area (Å²) < 4.78 is 6.23. The van der Waals surface area contributed by atoms with E-state index in [0.717, 1.165) is 11.3 Å². The van der Waals surface area contributed by atoms with E-state index in [1.807, 2.05) is 18.2 Å². The Hall–Kier alpha value is -3.55. The molecule has 3 aromatic carbocycles. The van der Waals surface area contributed by atoms with Crippen molar-refractivity contribution < 1.29 is 4.74 Å². The summed E-state index contributed by atoms with van der Waals surface area (Å²) in [7, 11) is 0. The van der Waals surface area contributed by atoms with E-state index in [2.05, 4.69) is 65.4 Å². The first-order chi connectivity index (χ1) is 13.7. The molecule has 5 heteroatoms. The summed E-state index contributed by atoms with van der Waals surface area (Å²) in [6.07, 6.45) is 3.09. The number of nitrogens with zero attached hydrogens (tertiary/aromatic N) is 2. The first-order valence-electron chi connectivity index (χ1n) is 9.05. The minimum atomic E-state index is -0.318. The Morgan fingerprint density at radius 2 is 1.69 bits per heavy atom. The molecule has 1 atom stereocenters. The van der Waals surface area contributed by atoms with Gasteiger partial charge in [-0.2, -0.15) is 5.26 Å². The molecule has 4 aromatic rings. The number of hydrogen-bond acceptors (Lipinski definition) is 3. The molecule has 0 spiro atoms. The van der Waals surface area contributed by atoms with Crippen LogP contribution in [0.4, 0.5) is 0 Å². The van der Waals surface area contributed by atoms with E-state index in [1.54, 1.807) is 24.7 Å². The third kappa shape index (κ3) is 4.48. The maximum atomic E-state index is 8.97. The van der Waals surface area contributed by atoms with Gasteiger partial charge in [0.1, 0.15) is 5.75 Å². The number of nitriles is 1. The molecular weight excluding hydrogens is 382 g/mol. The van der Waals surface area contributed by atoms with E-state index in [1.165, 1.54) is 16.7 Å². The molecule has 0 saturated carbocycles. The second-order valence-corrected chi connectivity index (χ2v) is 6.58. The number of halogens is 1. The van der Waals surface area contributed by atoms with Gasteiger partial charge in [0.2, 0.25) is 0 Å². The fourth-order valence-electron chi connectivity index (χ4n) is 3.20. The number of ether oxygens (including phenoxy) is 1. The van der Waals surface area contributed by atoms with Gasteiger partial charge in [0.05, 0.1) is 29.9 Å². The number of hydrogen-bond donors (Lipinski definition) is 1. The topological polar surface area (TPSA) is 61.7 Å². The van der Waals surface area contributed by atoms with Crippen molar-refractivity contribution in [3.05, 3.63) is 108 Å². The highest BCUT2D eigenvalue weighted by Gasteiger charge is 2.18. The van der Waals surface area contributed by atoms with Crippen LogP contribution in [0, 0.1) is 18.3 Å². The maximum Gasteiger partial charge on any atom is 0.165 e. The lowest BCUT2D eigenvalue weighted by Gasteiger charge is -2.19. The molecule has 1 unspecified atom stereocenters. The average Bonchev–Trinajstić information content (AvgIpc) is 3.28. The summed E-state index contributed by atoms with van der Waals surface area (Å²) in [6.45, 7) is 2.12. The van der Waals surface area contributed by atoms with Gasteiger partial charge in [-0.25, -0.2) is 4.98 Å². The molecule has 0 amide bonds. The first-order valence-corrected chi connectivity index (χ1v) is 9.05. The molecule has 0 radical (unpaired) electrons. The minimum Gasteiger partial charge on any atom is -0.479 e. The molecule has 29 heavy (non-hydrogen) atoms. The number of imidazole rings is 1. The average molecular weight is 402 g/mol. The van der Waals surface area contributed by atoms with Crippen molar-refractivity contribution in [3.8, 4) is 22.9 Å². The van der Waals surface area contributed by atoms with Gasteiger partial charge in [-0.05, 0) is 53.4 Å². The van der Waals surface area contributed by atoms with E-state index in [4.69, 9.17) is 10.00 Å². The SMILES string of the molecule is Cc1ccccc1-c1ccc(C(Oc2ccc(C#N)cc2)c2cnc[nH]2)cc1.Cl. The zero-order chi connectivity index (χ0) is 19.3. The van der Waals surface area contributed by atoms with Crippen molar-refractivity contribution in [3.63, 3.8) is 0 Å². The molecule has 1 aromatic heterocycles. The van der Waals surface area contributed by atoms with Crippen molar-refractivity contribution in [2.75, 3.05) is 0 Å². The number of benzene rings is 3. The first kappa shape index (κ1) is 20.2. The number of aryl methyl sites for hydroxylation is 1. The number of aromatic amines is 1. The third-order valence-electron chi connectivity index (χ3n) is 4.71. The second-order valence-electron chi connectivity index (χ2n) is 6.58. The highest BCUT2D eigenvalue weighted by atomic mass is 35.5. The number of aromatic nitrogens is 2. The zero-order valence-electron chi connectivity index (χ0n) is 15.9. The molecule has 1 N–H and O–H groups in total. The predicted octanol–water partition coefficient (Wildman–Crippen LogP) is 5.85. The molecule has 0 aliphatic carbocycles. The highest BCUT2D eigenvalue weighted by Crippen LogP contribution is 2.30. The molecule has 144 valence electrons. The highest BCUT2D eigenvalue weighted by molar-refractivity contribution is 5.85. The molecule has 0 fully saturated rings. The van der Waals surface area contributed by atoms with Crippen LogP contribution in [0.25, 0.3) is 11.1 Å². The summed E-state index contributed by atoms with van der Waals surface area (Å²) in [5, 5.41) is 8.97.